The van der Waals surface area contributed by atoms with Crippen molar-refractivity contribution >= 4 is 24.1 Å². The van der Waals surface area contributed by atoms with Gasteiger partial charge < -0.3 is 14.4 Å². The number of ether oxygens (including phenoxy) is 2. The largest absolute Gasteiger partial charge is 0.457 e. The Morgan fingerprint density at radius 1 is 0.821 bits per heavy atom. The van der Waals surface area contributed by atoms with Gasteiger partial charge in [0.05, 0.1) is 5.56 Å². The van der Waals surface area contributed by atoms with Gasteiger partial charge >= 0.3 is 6.09 Å². The van der Waals surface area contributed by atoms with Crippen LogP contribution in [0.2, 0.25) is 0 Å². The smallest absolute Gasteiger partial charge is 0.410 e. The molecule has 0 saturated heterocycles. The standard InChI is InChI=1S/C33H33NO4S/c1-33(2,3)38-32(36)34(23-26-10-5-4-6-11-26)21-20-25-16-18-29(19-17-25)39-30-14-9-13-28(22-30)37-31-15-8-7-12-27(31)24-35/h4-19,22,24H,20-21,23H2,1-3H3. The average molecular weight is 540 g/mol. The Kier molecular flexibility index (Phi) is 9.45. The predicted octanol–water partition coefficient (Wildman–Crippen LogP) is 8.42. The van der Waals surface area contributed by atoms with Gasteiger partial charge in [-0.15, -0.1) is 0 Å². The van der Waals surface area contributed by atoms with Crippen molar-refractivity contribution in [3.8, 4) is 11.5 Å². The molecular weight excluding hydrogens is 506 g/mol. The number of amides is 1. The Bertz CT molecular complexity index is 1380. The fourth-order valence-electron chi connectivity index (χ4n) is 3.89. The van der Waals surface area contributed by atoms with E-state index in [1.54, 1.807) is 28.8 Å². The predicted molar refractivity (Wildman–Crippen MR) is 156 cm³/mol. The first-order valence-corrected chi connectivity index (χ1v) is 13.7. The van der Waals surface area contributed by atoms with E-state index < -0.39 is 5.60 Å². The molecule has 0 aliphatic heterocycles. The summed E-state index contributed by atoms with van der Waals surface area (Å²) in [7, 11) is 0. The van der Waals surface area contributed by atoms with Gasteiger partial charge in [0, 0.05) is 22.9 Å². The lowest BCUT2D eigenvalue weighted by molar-refractivity contribution is 0.0235. The van der Waals surface area contributed by atoms with Crippen molar-refractivity contribution in [3.63, 3.8) is 0 Å². The molecule has 39 heavy (non-hydrogen) atoms. The quantitative estimate of drug-likeness (QED) is 0.189. The average Bonchev–Trinajstić information content (AvgIpc) is 2.92. The van der Waals surface area contributed by atoms with E-state index in [-0.39, 0.29) is 6.09 Å². The number of hydrogen-bond donors (Lipinski definition) is 0. The highest BCUT2D eigenvalue weighted by Gasteiger charge is 2.22. The summed E-state index contributed by atoms with van der Waals surface area (Å²) in [6, 6.07) is 33.3. The number of aldehydes is 1. The summed E-state index contributed by atoms with van der Waals surface area (Å²) in [6.45, 7) is 6.70. The Balaban J connectivity index is 1.38. The summed E-state index contributed by atoms with van der Waals surface area (Å²) in [5, 5.41) is 0. The van der Waals surface area contributed by atoms with Crippen LogP contribution in [0.1, 0.15) is 42.3 Å². The monoisotopic (exact) mass is 539 g/mol. The van der Waals surface area contributed by atoms with Gasteiger partial charge in [0.1, 0.15) is 17.1 Å². The Hall–Kier alpha value is -4.03. The minimum Gasteiger partial charge on any atom is -0.457 e. The number of carbonyl (C=O) groups is 2. The summed E-state index contributed by atoms with van der Waals surface area (Å²) in [5.41, 5.74) is 2.17. The van der Waals surface area contributed by atoms with Crippen LogP contribution in [0.5, 0.6) is 11.5 Å². The van der Waals surface area contributed by atoms with Crippen LogP contribution in [0.4, 0.5) is 4.79 Å². The first-order chi connectivity index (χ1) is 18.8. The molecule has 200 valence electrons. The number of para-hydroxylation sites is 1. The lowest BCUT2D eigenvalue weighted by atomic mass is 10.1. The summed E-state index contributed by atoms with van der Waals surface area (Å²) in [4.78, 5) is 28.1. The molecule has 4 aromatic carbocycles. The number of nitrogens with zero attached hydrogens (tertiary/aromatic N) is 1. The molecule has 0 unspecified atom stereocenters. The van der Waals surface area contributed by atoms with Gasteiger partial charge in [-0.25, -0.2) is 4.79 Å². The number of rotatable bonds is 10. The third-order valence-corrected chi connectivity index (χ3v) is 6.77. The molecule has 0 N–H and O–H groups in total. The molecule has 4 aromatic rings. The van der Waals surface area contributed by atoms with Gasteiger partial charge in [0.15, 0.2) is 6.29 Å². The van der Waals surface area contributed by atoms with E-state index in [2.05, 4.69) is 24.3 Å². The van der Waals surface area contributed by atoms with E-state index in [1.807, 2.05) is 87.5 Å². The highest BCUT2D eigenvalue weighted by molar-refractivity contribution is 7.99. The molecule has 0 radical (unpaired) electrons. The summed E-state index contributed by atoms with van der Waals surface area (Å²) >= 11 is 1.63. The van der Waals surface area contributed by atoms with Gasteiger partial charge in [-0.3, -0.25) is 4.79 Å². The number of hydrogen-bond acceptors (Lipinski definition) is 5. The van der Waals surface area contributed by atoms with Crippen molar-refractivity contribution < 1.29 is 19.1 Å². The van der Waals surface area contributed by atoms with Gasteiger partial charge in [0.25, 0.3) is 0 Å². The highest BCUT2D eigenvalue weighted by atomic mass is 32.2. The van der Waals surface area contributed by atoms with Crippen LogP contribution in [0, 0.1) is 0 Å². The fourth-order valence-corrected chi connectivity index (χ4v) is 4.75. The molecule has 0 saturated carbocycles. The van der Waals surface area contributed by atoms with Crippen molar-refractivity contribution in [2.45, 2.75) is 49.1 Å². The molecule has 0 aliphatic carbocycles. The Morgan fingerprint density at radius 3 is 2.26 bits per heavy atom. The van der Waals surface area contributed by atoms with Crippen molar-refractivity contribution in [1.82, 2.24) is 4.90 Å². The number of carbonyl (C=O) groups excluding carboxylic acids is 2. The van der Waals surface area contributed by atoms with E-state index in [1.165, 1.54) is 0 Å². The van der Waals surface area contributed by atoms with Gasteiger partial charge in [0.2, 0.25) is 0 Å². The van der Waals surface area contributed by atoms with E-state index in [9.17, 15) is 9.59 Å². The zero-order valence-electron chi connectivity index (χ0n) is 22.5. The molecular formula is C33H33NO4S. The van der Waals surface area contributed by atoms with Crippen LogP contribution in [0.15, 0.2) is 113 Å². The van der Waals surface area contributed by atoms with Crippen molar-refractivity contribution in [2.24, 2.45) is 0 Å². The van der Waals surface area contributed by atoms with Crippen molar-refractivity contribution in [3.05, 3.63) is 120 Å². The zero-order chi connectivity index (χ0) is 27.7. The lowest BCUT2D eigenvalue weighted by Crippen LogP contribution is -2.37. The van der Waals surface area contributed by atoms with Gasteiger partial charge in [-0.2, -0.15) is 0 Å². The molecule has 4 rings (SSSR count). The molecule has 1 amide bonds. The maximum absolute atomic E-state index is 12.9. The molecule has 0 heterocycles. The highest BCUT2D eigenvalue weighted by Crippen LogP contribution is 2.32. The van der Waals surface area contributed by atoms with Crippen LogP contribution in [0.3, 0.4) is 0 Å². The minimum atomic E-state index is -0.550. The van der Waals surface area contributed by atoms with E-state index in [0.29, 0.717) is 30.2 Å². The Labute approximate surface area is 234 Å². The maximum atomic E-state index is 12.9. The molecule has 6 heteroatoms. The fraction of sp³-hybridized carbons (Fsp3) is 0.212. The summed E-state index contributed by atoms with van der Waals surface area (Å²) < 4.78 is 11.6. The second-order valence-electron chi connectivity index (χ2n) is 10.1. The summed E-state index contributed by atoms with van der Waals surface area (Å²) in [6.07, 6.45) is 1.21. The molecule has 0 aromatic heterocycles. The second-order valence-corrected chi connectivity index (χ2v) is 11.3. The van der Waals surface area contributed by atoms with Crippen LogP contribution >= 0.6 is 11.8 Å². The first kappa shape index (κ1) is 28.0. The molecule has 0 fully saturated rings. The van der Waals surface area contributed by atoms with Crippen molar-refractivity contribution in [1.29, 1.82) is 0 Å². The van der Waals surface area contributed by atoms with Crippen LogP contribution < -0.4 is 4.74 Å². The molecule has 0 aliphatic rings. The van der Waals surface area contributed by atoms with Crippen LogP contribution in [-0.2, 0) is 17.7 Å². The Morgan fingerprint density at radius 2 is 1.54 bits per heavy atom. The van der Waals surface area contributed by atoms with Crippen LogP contribution in [-0.4, -0.2) is 29.4 Å². The first-order valence-electron chi connectivity index (χ1n) is 12.9. The molecule has 0 bridgehead atoms. The number of benzene rings is 4. The van der Waals surface area contributed by atoms with E-state index in [4.69, 9.17) is 9.47 Å². The topological polar surface area (TPSA) is 55.8 Å². The maximum Gasteiger partial charge on any atom is 0.410 e. The SMILES string of the molecule is CC(C)(C)OC(=O)N(CCc1ccc(Sc2cccc(Oc3ccccc3C=O)c2)cc1)Cc1ccccc1. The molecule has 5 nitrogen and oxygen atoms in total. The third-order valence-electron chi connectivity index (χ3n) is 5.78. The molecule has 0 spiro atoms. The van der Waals surface area contributed by atoms with E-state index in [0.717, 1.165) is 33.6 Å². The second kappa shape index (κ2) is 13.2. The van der Waals surface area contributed by atoms with Gasteiger partial charge in [-0.05, 0) is 80.8 Å². The summed E-state index contributed by atoms with van der Waals surface area (Å²) in [5.74, 6) is 1.21. The van der Waals surface area contributed by atoms with Gasteiger partial charge in [-0.1, -0.05) is 72.4 Å². The minimum absolute atomic E-state index is 0.309. The third kappa shape index (κ3) is 8.76. The van der Waals surface area contributed by atoms with Crippen LogP contribution in [0.25, 0.3) is 0 Å². The normalized spacial score (nSPS) is 11.1. The van der Waals surface area contributed by atoms with Crippen molar-refractivity contribution in [2.75, 3.05) is 6.54 Å². The zero-order valence-corrected chi connectivity index (χ0v) is 23.3. The van der Waals surface area contributed by atoms with E-state index >= 15 is 0 Å². The molecule has 0 atom stereocenters. The lowest BCUT2D eigenvalue weighted by Gasteiger charge is -2.27.